The van der Waals surface area contributed by atoms with Gasteiger partial charge in [0.05, 0.1) is 10.9 Å². The fourth-order valence-corrected chi connectivity index (χ4v) is 1.78. The largest absolute Gasteiger partial charge is 0.339 e. The minimum Gasteiger partial charge on any atom is -0.339 e. The normalized spacial score (nSPS) is 10.6. The van der Waals surface area contributed by atoms with Crippen LogP contribution in [-0.4, -0.2) is 9.97 Å². The summed E-state index contributed by atoms with van der Waals surface area (Å²) in [5, 5.41) is 0.610. The predicted molar refractivity (Wildman–Crippen MR) is 66.6 cm³/mol. The van der Waals surface area contributed by atoms with Crippen LogP contribution in [-0.2, 0) is 0 Å². The third kappa shape index (κ3) is 1.72. The molecule has 0 amide bonds. The predicted octanol–water partition coefficient (Wildman–Crippen LogP) is 2.39. The zero-order valence-corrected chi connectivity index (χ0v) is 8.97. The number of benzene rings is 2. The lowest BCUT2D eigenvalue weighted by Crippen LogP contribution is -2.09. The summed E-state index contributed by atoms with van der Waals surface area (Å²) >= 11 is 0. The Labute approximate surface area is 97.8 Å². The molecule has 17 heavy (non-hydrogen) atoms. The highest BCUT2D eigenvalue weighted by Gasteiger charge is 2.04. The first-order chi connectivity index (χ1) is 8.34. The maximum Gasteiger partial charge on any atom is 0.281 e. The van der Waals surface area contributed by atoms with Gasteiger partial charge in [-0.3, -0.25) is 4.79 Å². The number of nitrogens with one attached hydrogen (secondary N) is 1. The Morgan fingerprint density at radius 3 is 2.65 bits per heavy atom. The van der Waals surface area contributed by atoms with Crippen molar-refractivity contribution in [2.75, 3.05) is 0 Å². The molecule has 3 aromatic rings. The van der Waals surface area contributed by atoms with Gasteiger partial charge < -0.3 is 4.98 Å². The fraction of sp³-hybridized carbons (Fsp3) is 0. The molecule has 3 heteroatoms. The molecule has 0 unspecified atom stereocenters. The van der Waals surface area contributed by atoms with Crippen molar-refractivity contribution >= 4 is 10.9 Å². The second-order valence-corrected chi connectivity index (χ2v) is 3.72. The van der Waals surface area contributed by atoms with Crippen molar-refractivity contribution in [3.05, 3.63) is 65.0 Å². The van der Waals surface area contributed by atoms with E-state index in [1.807, 2.05) is 30.3 Å². The Morgan fingerprint density at radius 2 is 1.82 bits per heavy atom. The van der Waals surface area contributed by atoms with Crippen molar-refractivity contribution in [2.24, 2.45) is 0 Å². The van der Waals surface area contributed by atoms with E-state index in [1.54, 1.807) is 18.2 Å². The number of fused-ring (bicyclic) bond motifs is 1. The quantitative estimate of drug-likeness (QED) is 0.685. The van der Waals surface area contributed by atoms with Crippen LogP contribution >= 0.6 is 0 Å². The van der Waals surface area contributed by atoms with Gasteiger partial charge in [-0.15, -0.1) is 0 Å². The average Bonchev–Trinajstić information content (AvgIpc) is 2.40. The Hall–Kier alpha value is -2.42. The number of nitrogens with zero attached hydrogens (tertiary/aromatic N) is 1. The van der Waals surface area contributed by atoms with Crippen molar-refractivity contribution in [3.63, 3.8) is 0 Å². The lowest BCUT2D eigenvalue weighted by molar-refractivity contribution is 1.18. The van der Waals surface area contributed by atoms with Gasteiger partial charge in [0.1, 0.15) is 5.82 Å². The number of para-hydroxylation sites is 1. The molecule has 0 spiro atoms. The minimum absolute atomic E-state index is 0.206. The van der Waals surface area contributed by atoms with Gasteiger partial charge in [0.2, 0.25) is 0 Å². The van der Waals surface area contributed by atoms with Crippen LogP contribution in [0.1, 0.15) is 0 Å². The molecule has 0 saturated carbocycles. The molecule has 0 fully saturated rings. The molecular formula is C14H9N2O. The maximum absolute atomic E-state index is 11.8. The summed E-state index contributed by atoms with van der Waals surface area (Å²) in [6.07, 6.45) is 0. The fourth-order valence-electron chi connectivity index (χ4n) is 1.78. The number of aromatic nitrogens is 2. The summed E-state index contributed by atoms with van der Waals surface area (Å²) in [6.45, 7) is 0. The molecule has 0 aliphatic rings. The Morgan fingerprint density at radius 1 is 1.06 bits per heavy atom. The van der Waals surface area contributed by atoms with Crippen LogP contribution in [0.3, 0.4) is 0 Å². The van der Waals surface area contributed by atoms with E-state index in [2.05, 4.69) is 16.0 Å². The van der Waals surface area contributed by atoms with E-state index in [9.17, 15) is 4.79 Å². The summed E-state index contributed by atoms with van der Waals surface area (Å²) in [7, 11) is 0. The molecule has 1 heterocycles. The summed E-state index contributed by atoms with van der Waals surface area (Å²) in [5.41, 5.74) is 1.48. The van der Waals surface area contributed by atoms with Crippen LogP contribution in [0.2, 0.25) is 0 Å². The molecule has 0 aliphatic carbocycles. The lowest BCUT2D eigenvalue weighted by Gasteiger charge is -2.02. The van der Waals surface area contributed by atoms with Crippen LogP contribution in [0, 0.1) is 6.07 Å². The first kappa shape index (κ1) is 9.78. The molecule has 2 aromatic carbocycles. The first-order valence-electron chi connectivity index (χ1n) is 5.30. The zero-order chi connectivity index (χ0) is 11.7. The highest BCUT2D eigenvalue weighted by Crippen LogP contribution is 2.14. The molecule has 1 aromatic heterocycles. The van der Waals surface area contributed by atoms with Gasteiger partial charge in [-0.2, -0.15) is 4.98 Å². The molecule has 3 nitrogen and oxygen atoms in total. The van der Waals surface area contributed by atoms with E-state index in [0.717, 1.165) is 11.1 Å². The Bertz CT molecular complexity index is 717. The summed E-state index contributed by atoms with van der Waals surface area (Å²) in [4.78, 5) is 19.0. The van der Waals surface area contributed by atoms with Crippen molar-refractivity contribution in [2.45, 2.75) is 0 Å². The number of aromatic amines is 1. The van der Waals surface area contributed by atoms with Gasteiger partial charge in [0.15, 0.2) is 0 Å². The van der Waals surface area contributed by atoms with Crippen LogP contribution in [0.15, 0.2) is 53.3 Å². The van der Waals surface area contributed by atoms with Gasteiger partial charge in [0, 0.05) is 5.56 Å². The van der Waals surface area contributed by atoms with Crippen molar-refractivity contribution in [3.8, 4) is 11.4 Å². The molecule has 1 radical (unpaired) electrons. The SMILES string of the molecule is O=c1nc(-c2cc[c]cc2)[nH]c2ccccc12. The number of rotatable bonds is 1. The van der Waals surface area contributed by atoms with Gasteiger partial charge in [-0.1, -0.05) is 36.4 Å². The number of hydrogen-bond acceptors (Lipinski definition) is 2. The van der Waals surface area contributed by atoms with Crippen LogP contribution in [0.25, 0.3) is 22.3 Å². The molecule has 0 aliphatic heterocycles. The summed E-state index contributed by atoms with van der Waals surface area (Å²) < 4.78 is 0. The van der Waals surface area contributed by atoms with Crippen LogP contribution < -0.4 is 5.56 Å². The monoisotopic (exact) mass is 221 g/mol. The lowest BCUT2D eigenvalue weighted by atomic mass is 10.2. The first-order valence-corrected chi connectivity index (χ1v) is 5.30. The van der Waals surface area contributed by atoms with E-state index in [0.29, 0.717) is 11.2 Å². The van der Waals surface area contributed by atoms with E-state index in [1.165, 1.54) is 0 Å². The van der Waals surface area contributed by atoms with Crippen molar-refractivity contribution in [1.29, 1.82) is 0 Å². The van der Waals surface area contributed by atoms with Gasteiger partial charge >= 0.3 is 0 Å². The number of H-pyrrole nitrogens is 1. The maximum atomic E-state index is 11.8. The van der Waals surface area contributed by atoms with Crippen molar-refractivity contribution in [1.82, 2.24) is 9.97 Å². The van der Waals surface area contributed by atoms with E-state index < -0.39 is 0 Å². The minimum atomic E-state index is -0.206. The molecule has 1 N–H and O–H groups in total. The molecule has 0 atom stereocenters. The topological polar surface area (TPSA) is 45.8 Å². The van der Waals surface area contributed by atoms with Crippen LogP contribution in [0.4, 0.5) is 0 Å². The third-order valence-corrected chi connectivity index (χ3v) is 2.62. The van der Waals surface area contributed by atoms with E-state index in [-0.39, 0.29) is 5.56 Å². The van der Waals surface area contributed by atoms with Gasteiger partial charge in [-0.25, -0.2) is 0 Å². The van der Waals surface area contributed by atoms with Gasteiger partial charge in [0.25, 0.3) is 5.56 Å². The number of hydrogen-bond donors (Lipinski definition) is 1. The van der Waals surface area contributed by atoms with Crippen molar-refractivity contribution < 1.29 is 0 Å². The highest BCUT2D eigenvalue weighted by atomic mass is 16.1. The van der Waals surface area contributed by atoms with E-state index in [4.69, 9.17) is 0 Å². The zero-order valence-electron chi connectivity index (χ0n) is 8.97. The molecule has 0 saturated heterocycles. The highest BCUT2D eigenvalue weighted by molar-refractivity contribution is 5.79. The molecular weight excluding hydrogens is 212 g/mol. The second-order valence-electron chi connectivity index (χ2n) is 3.72. The summed E-state index contributed by atoms with van der Waals surface area (Å²) in [5.74, 6) is 0.586. The Kier molecular flexibility index (Phi) is 2.22. The average molecular weight is 221 g/mol. The summed E-state index contributed by atoms with van der Waals surface area (Å²) in [6, 6.07) is 17.6. The standard InChI is InChI=1S/C14H9N2O/c17-14-11-8-4-5-9-12(11)15-13(16-14)10-6-2-1-3-7-10/h2-9H,(H,15,16,17). The van der Waals surface area contributed by atoms with Gasteiger partial charge in [-0.05, 0) is 18.2 Å². The molecule has 3 rings (SSSR count). The smallest absolute Gasteiger partial charge is 0.281 e. The molecule has 0 bridgehead atoms. The third-order valence-electron chi connectivity index (χ3n) is 2.62. The molecule has 81 valence electrons. The van der Waals surface area contributed by atoms with Crippen LogP contribution in [0.5, 0.6) is 0 Å². The van der Waals surface area contributed by atoms with E-state index >= 15 is 0 Å². The second kappa shape index (κ2) is 3.87. The Balaban J connectivity index is 2.30.